The van der Waals surface area contributed by atoms with Crippen LogP contribution in [-0.2, 0) is 25.4 Å². The zero-order valence-corrected chi connectivity index (χ0v) is 20.8. The first-order chi connectivity index (χ1) is 15.8. The molecule has 2 amide bonds. The van der Waals surface area contributed by atoms with Crippen molar-refractivity contribution in [1.82, 2.24) is 14.9 Å². The molecule has 0 saturated carbocycles. The Hall–Kier alpha value is -2.98. The third-order valence-corrected chi connectivity index (χ3v) is 6.30. The van der Waals surface area contributed by atoms with Gasteiger partial charge in [-0.1, -0.05) is 44.2 Å². The monoisotopic (exact) mass is 468 g/mol. The number of hydrogen-bond donors (Lipinski definition) is 2. The molecule has 3 rings (SSSR count). The van der Waals surface area contributed by atoms with Crippen molar-refractivity contribution >= 4 is 24.6 Å². The topological polar surface area (TPSA) is 112 Å². The van der Waals surface area contributed by atoms with Gasteiger partial charge in [0.1, 0.15) is 18.1 Å². The largest absolute Gasteiger partial charge is 0.482 e. The summed E-state index contributed by atoms with van der Waals surface area (Å²) in [6.07, 6.45) is 1.31. The van der Waals surface area contributed by atoms with Gasteiger partial charge in [-0.2, -0.15) is 0 Å². The van der Waals surface area contributed by atoms with E-state index in [1.165, 1.54) is 17.7 Å². The fraction of sp³-hybridized carbons (Fsp3) is 0.500. The van der Waals surface area contributed by atoms with Crippen molar-refractivity contribution in [2.45, 2.75) is 72.2 Å². The van der Waals surface area contributed by atoms with Crippen molar-refractivity contribution in [3.63, 3.8) is 0 Å². The smallest absolute Gasteiger partial charge is 0.402 e. The highest BCUT2D eigenvalue weighted by molar-refractivity contribution is 6.48. The Morgan fingerprint density at radius 2 is 1.68 bits per heavy atom. The van der Waals surface area contributed by atoms with Crippen LogP contribution in [0.25, 0.3) is 11.4 Å². The van der Waals surface area contributed by atoms with Crippen LogP contribution in [0, 0.1) is 5.92 Å². The Labute approximate surface area is 200 Å². The number of amides is 2. The molecule has 1 aromatic heterocycles. The highest BCUT2D eigenvalue weighted by atomic mass is 16.7. The lowest BCUT2D eigenvalue weighted by Gasteiger charge is -2.32. The fourth-order valence-corrected chi connectivity index (χ4v) is 3.69. The fourth-order valence-electron chi connectivity index (χ4n) is 3.69. The van der Waals surface area contributed by atoms with Crippen LogP contribution in [0.5, 0.6) is 0 Å². The lowest BCUT2D eigenvalue weighted by Crippen LogP contribution is -2.52. The quantitative estimate of drug-likeness (QED) is 0.605. The lowest BCUT2D eigenvalue weighted by molar-refractivity contribution is -0.122. The van der Waals surface area contributed by atoms with Gasteiger partial charge in [-0.15, -0.1) is 0 Å². The van der Waals surface area contributed by atoms with Crippen LogP contribution in [0.1, 0.15) is 48.5 Å². The second-order valence-corrected chi connectivity index (χ2v) is 9.90. The molecule has 0 spiro atoms. The van der Waals surface area contributed by atoms with E-state index in [1.807, 2.05) is 59.7 Å². The molecule has 0 bridgehead atoms. The van der Waals surface area contributed by atoms with E-state index in [-0.39, 0.29) is 18.2 Å². The maximum Gasteiger partial charge on any atom is 0.482 e. The summed E-state index contributed by atoms with van der Waals surface area (Å²) in [6.45, 7) is 12.8. The summed E-state index contributed by atoms with van der Waals surface area (Å²) in [5.41, 5.74) is -0.914. The predicted molar refractivity (Wildman–Crippen MR) is 131 cm³/mol. The minimum Gasteiger partial charge on any atom is -0.402 e. The van der Waals surface area contributed by atoms with Crippen LogP contribution >= 0.6 is 0 Å². The van der Waals surface area contributed by atoms with Gasteiger partial charge in [0.15, 0.2) is 0 Å². The van der Waals surface area contributed by atoms with E-state index in [0.717, 1.165) is 0 Å². The van der Waals surface area contributed by atoms with Crippen molar-refractivity contribution < 1.29 is 18.9 Å². The zero-order valence-electron chi connectivity index (χ0n) is 20.8. The Kier molecular flexibility index (Phi) is 7.33. The van der Waals surface area contributed by atoms with Gasteiger partial charge < -0.3 is 19.9 Å². The van der Waals surface area contributed by atoms with E-state index in [4.69, 9.17) is 9.31 Å². The molecule has 34 heavy (non-hydrogen) atoms. The minimum absolute atomic E-state index is 0.00588. The predicted octanol–water partition coefficient (Wildman–Crippen LogP) is 2.64. The molecule has 182 valence electrons. The van der Waals surface area contributed by atoms with Crippen molar-refractivity contribution in [2.75, 3.05) is 5.32 Å². The molecule has 1 aliphatic rings. The number of benzene rings is 1. The summed E-state index contributed by atoms with van der Waals surface area (Å²) in [7, 11) is -0.636. The lowest BCUT2D eigenvalue weighted by atomic mass is 9.72. The summed E-state index contributed by atoms with van der Waals surface area (Å²) >= 11 is 0. The van der Waals surface area contributed by atoms with Crippen molar-refractivity contribution in [3.05, 3.63) is 46.9 Å². The first-order valence-corrected chi connectivity index (χ1v) is 11.4. The van der Waals surface area contributed by atoms with Crippen molar-refractivity contribution in [3.8, 4) is 11.4 Å². The summed E-state index contributed by atoms with van der Waals surface area (Å²) in [6, 6.07) is 9.09. The molecule has 0 aliphatic carbocycles. The van der Waals surface area contributed by atoms with E-state index >= 15 is 0 Å². The molecule has 2 N–H and O–H groups in total. The Balaban J connectivity index is 1.90. The van der Waals surface area contributed by atoms with E-state index < -0.39 is 41.6 Å². The molecule has 2 heterocycles. The average Bonchev–Trinajstić information content (AvgIpc) is 2.96. The third kappa shape index (κ3) is 5.39. The number of anilines is 1. The Morgan fingerprint density at radius 3 is 2.21 bits per heavy atom. The zero-order chi connectivity index (χ0) is 25.3. The molecule has 1 unspecified atom stereocenters. The molecule has 1 saturated heterocycles. The van der Waals surface area contributed by atoms with Crippen LogP contribution in [-0.4, -0.2) is 45.6 Å². The number of aromatic nitrogens is 2. The number of carbonyl (C=O) groups excluding carboxylic acids is 2. The average molecular weight is 468 g/mol. The van der Waals surface area contributed by atoms with Crippen molar-refractivity contribution in [1.29, 1.82) is 0 Å². The van der Waals surface area contributed by atoms with Gasteiger partial charge in [0, 0.05) is 12.5 Å². The van der Waals surface area contributed by atoms with Gasteiger partial charge in [0.2, 0.25) is 11.8 Å². The second-order valence-electron chi connectivity index (χ2n) is 9.90. The first-order valence-electron chi connectivity index (χ1n) is 11.4. The second kappa shape index (κ2) is 9.72. The highest BCUT2D eigenvalue weighted by Gasteiger charge is 2.54. The van der Waals surface area contributed by atoms with Crippen LogP contribution in [0.4, 0.5) is 5.69 Å². The molecular formula is C24H33BN4O5. The van der Waals surface area contributed by atoms with Crippen molar-refractivity contribution in [2.24, 2.45) is 5.92 Å². The normalized spacial score (nSPS) is 17.5. The SMILES string of the molecule is CC(=O)Nc1cnc(-c2ccccc2)n(CC(=O)NC(B2OC(C)(C)C(C)(C)O2)C(C)C)c1=O. The number of hydrogen-bond acceptors (Lipinski definition) is 6. The molecule has 1 aliphatic heterocycles. The summed E-state index contributed by atoms with van der Waals surface area (Å²) < 4.78 is 13.6. The Morgan fingerprint density at radius 1 is 1.09 bits per heavy atom. The van der Waals surface area contributed by atoms with Gasteiger partial charge in [-0.05, 0) is 33.6 Å². The third-order valence-electron chi connectivity index (χ3n) is 6.30. The molecule has 10 heteroatoms. The van der Waals surface area contributed by atoms with Crippen LogP contribution in [0.2, 0.25) is 0 Å². The molecule has 2 aromatic rings. The van der Waals surface area contributed by atoms with E-state index in [1.54, 1.807) is 12.1 Å². The molecule has 9 nitrogen and oxygen atoms in total. The maximum absolute atomic E-state index is 13.2. The number of nitrogens with one attached hydrogen (secondary N) is 2. The van der Waals surface area contributed by atoms with Crippen LogP contribution < -0.4 is 16.2 Å². The van der Waals surface area contributed by atoms with E-state index in [2.05, 4.69) is 15.6 Å². The van der Waals surface area contributed by atoms with Gasteiger partial charge in [0.05, 0.1) is 23.3 Å². The molecule has 1 fully saturated rings. The summed E-state index contributed by atoms with van der Waals surface area (Å²) in [5, 5.41) is 5.47. The number of nitrogens with zero attached hydrogens (tertiary/aromatic N) is 2. The van der Waals surface area contributed by atoms with E-state index in [9.17, 15) is 14.4 Å². The van der Waals surface area contributed by atoms with Gasteiger partial charge >= 0.3 is 7.12 Å². The minimum atomic E-state index is -0.636. The van der Waals surface area contributed by atoms with E-state index in [0.29, 0.717) is 11.4 Å². The molecular weight excluding hydrogens is 435 g/mol. The molecule has 1 atom stereocenters. The van der Waals surface area contributed by atoms with Gasteiger partial charge in [-0.25, -0.2) is 4.98 Å². The van der Waals surface area contributed by atoms with Crippen LogP contribution in [0.15, 0.2) is 41.3 Å². The van der Waals surface area contributed by atoms with Crippen LogP contribution in [0.3, 0.4) is 0 Å². The number of rotatable bonds is 7. The van der Waals surface area contributed by atoms with Gasteiger partial charge in [-0.3, -0.25) is 19.0 Å². The summed E-state index contributed by atoms with van der Waals surface area (Å²) in [4.78, 5) is 42.2. The molecule has 0 radical (unpaired) electrons. The maximum atomic E-state index is 13.2. The Bertz CT molecular complexity index is 1100. The highest BCUT2D eigenvalue weighted by Crippen LogP contribution is 2.38. The van der Waals surface area contributed by atoms with Gasteiger partial charge in [0.25, 0.3) is 5.56 Å². The standard InChI is InChI=1S/C24H33BN4O5/c1-15(2)20(25-33-23(4,5)24(6,7)34-25)28-19(31)14-29-21(17-11-9-8-10-12-17)26-13-18(22(29)32)27-16(3)30/h8-13,15,20H,14H2,1-7H3,(H,27,30)(H,28,31). The summed E-state index contributed by atoms with van der Waals surface area (Å²) in [5.74, 6) is -0.896. The molecule has 1 aromatic carbocycles. The number of carbonyl (C=O) groups is 2. The first kappa shape index (κ1) is 25.6.